The lowest BCUT2D eigenvalue weighted by molar-refractivity contribution is 0.0455. The third-order valence-electron chi connectivity index (χ3n) is 4.83. The van der Waals surface area contributed by atoms with Gasteiger partial charge in [0.05, 0.1) is 18.9 Å². The zero-order chi connectivity index (χ0) is 21.1. The summed E-state index contributed by atoms with van der Waals surface area (Å²) in [6, 6.07) is 9.00. The fourth-order valence-electron chi connectivity index (χ4n) is 3.53. The summed E-state index contributed by atoms with van der Waals surface area (Å²) < 4.78 is 43.8. The summed E-state index contributed by atoms with van der Waals surface area (Å²) in [5.41, 5.74) is 1.26. The molecule has 1 aromatic carbocycles. The number of nitrogens with zero attached hydrogens (tertiary/aromatic N) is 2. The Morgan fingerprint density at radius 2 is 2.10 bits per heavy atom. The molecule has 0 saturated carbocycles. The summed E-state index contributed by atoms with van der Waals surface area (Å²) >= 11 is 0. The molecule has 0 N–H and O–H groups in total. The van der Waals surface area contributed by atoms with Crippen molar-refractivity contribution in [1.29, 1.82) is 0 Å². The van der Waals surface area contributed by atoms with Crippen molar-refractivity contribution >= 4 is 10.0 Å². The molecule has 0 spiro atoms. The Morgan fingerprint density at radius 3 is 2.76 bits per heavy atom. The molecule has 2 aromatic rings. The van der Waals surface area contributed by atoms with Crippen LogP contribution in [0.2, 0.25) is 0 Å². The predicted molar refractivity (Wildman–Crippen MR) is 111 cm³/mol. The lowest BCUT2D eigenvalue weighted by atomic mass is 9.89. The molecule has 0 bridgehead atoms. The number of pyridine rings is 1. The summed E-state index contributed by atoms with van der Waals surface area (Å²) in [6.07, 6.45) is 5.23. The smallest absolute Gasteiger partial charge is 0.211 e. The highest BCUT2D eigenvalue weighted by molar-refractivity contribution is 7.88. The second-order valence-electron chi connectivity index (χ2n) is 7.80. The van der Waals surface area contributed by atoms with E-state index in [0.717, 1.165) is 11.1 Å². The molecule has 3 rings (SSSR count). The highest BCUT2D eigenvalue weighted by atomic mass is 32.2. The summed E-state index contributed by atoms with van der Waals surface area (Å²) in [5.74, 6) is 1.33. The Balaban J connectivity index is 1.92. The van der Waals surface area contributed by atoms with Crippen molar-refractivity contribution in [2.75, 3.05) is 26.5 Å². The standard InChI is InChI=1S/C21H28N2O5S/c1-21(2)13-19(23(10-11-26-3)29(4,24)25)18-12-17(7-8-20(18)28-21)27-15-16-6-5-9-22-14-16/h5-9,12,14,19H,10-11,13,15H2,1-4H3. The van der Waals surface area contributed by atoms with Gasteiger partial charge in [-0.2, -0.15) is 4.31 Å². The zero-order valence-electron chi connectivity index (χ0n) is 17.3. The van der Waals surface area contributed by atoms with E-state index >= 15 is 0 Å². The predicted octanol–water partition coefficient (Wildman–Crippen LogP) is 3.17. The Hall–Kier alpha value is -2.16. The van der Waals surface area contributed by atoms with Gasteiger partial charge in [0.15, 0.2) is 0 Å². The van der Waals surface area contributed by atoms with Crippen molar-refractivity contribution in [2.24, 2.45) is 0 Å². The zero-order valence-corrected chi connectivity index (χ0v) is 18.1. The molecular weight excluding hydrogens is 392 g/mol. The van der Waals surface area contributed by atoms with Crippen LogP contribution in [-0.4, -0.2) is 49.8 Å². The molecule has 158 valence electrons. The lowest BCUT2D eigenvalue weighted by Crippen LogP contribution is -2.44. The summed E-state index contributed by atoms with van der Waals surface area (Å²) in [6.45, 7) is 4.90. The van der Waals surface area contributed by atoms with Gasteiger partial charge >= 0.3 is 0 Å². The van der Waals surface area contributed by atoms with Crippen molar-refractivity contribution in [3.05, 3.63) is 53.9 Å². The fourth-order valence-corrected chi connectivity index (χ4v) is 4.58. The molecule has 0 saturated heterocycles. The average molecular weight is 421 g/mol. The van der Waals surface area contributed by atoms with Crippen molar-refractivity contribution in [2.45, 2.75) is 38.5 Å². The molecule has 1 atom stereocenters. The average Bonchev–Trinajstić information content (AvgIpc) is 2.66. The Labute approximate surface area is 172 Å². The lowest BCUT2D eigenvalue weighted by Gasteiger charge is -2.41. The molecule has 7 nitrogen and oxygen atoms in total. The summed E-state index contributed by atoms with van der Waals surface area (Å²) in [7, 11) is -1.89. The molecular formula is C21H28N2O5S. The van der Waals surface area contributed by atoms with Crippen LogP contribution < -0.4 is 9.47 Å². The van der Waals surface area contributed by atoms with E-state index in [1.165, 1.54) is 10.6 Å². The van der Waals surface area contributed by atoms with Crippen molar-refractivity contribution in [3.63, 3.8) is 0 Å². The number of aromatic nitrogens is 1. The Bertz CT molecular complexity index is 931. The first-order valence-corrected chi connectivity index (χ1v) is 11.3. The van der Waals surface area contributed by atoms with E-state index in [-0.39, 0.29) is 12.6 Å². The van der Waals surface area contributed by atoms with E-state index < -0.39 is 15.6 Å². The van der Waals surface area contributed by atoms with E-state index in [4.69, 9.17) is 14.2 Å². The number of ether oxygens (including phenoxy) is 3. The number of hydrogen-bond donors (Lipinski definition) is 0. The van der Waals surface area contributed by atoms with Gasteiger partial charge in [0, 0.05) is 43.6 Å². The van der Waals surface area contributed by atoms with E-state index in [1.54, 1.807) is 19.5 Å². The molecule has 1 aliphatic rings. The van der Waals surface area contributed by atoms with Gasteiger partial charge in [-0.05, 0) is 38.1 Å². The molecule has 2 heterocycles. The van der Waals surface area contributed by atoms with Gasteiger partial charge in [0.1, 0.15) is 23.7 Å². The molecule has 1 aliphatic heterocycles. The maximum absolute atomic E-state index is 12.5. The second kappa shape index (κ2) is 8.69. The number of methoxy groups -OCH3 is 1. The molecule has 8 heteroatoms. The van der Waals surface area contributed by atoms with Crippen molar-refractivity contribution in [1.82, 2.24) is 9.29 Å². The van der Waals surface area contributed by atoms with Crippen molar-refractivity contribution < 1.29 is 22.6 Å². The van der Waals surface area contributed by atoms with Crippen LogP contribution in [0.5, 0.6) is 11.5 Å². The third-order valence-corrected chi connectivity index (χ3v) is 6.12. The van der Waals surface area contributed by atoms with Gasteiger partial charge in [0.2, 0.25) is 10.0 Å². The van der Waals surface area contributed by atoms with E-state index in [0.29, 0.717) is 31.1 Å². The van der Waals surface area contributed by atoms with Crippen LogP contribution in [0.1, 0.15) is 37.4 Å². The topological polar surface area (TPSA) is 78.0 Å². The highest BCUT2D eigenvalue weighted by Crippen LogP contribution is 2.44. The van der Waals surface area contributed by atoms with Crippen LogP contribution in [0.4, 0.5) is 0 Å². The maximum Gasteiger partial charge on any atom is 0.211 e. The first-order valence-electron chi connectivity index (χ1n) is 9.50. The first kappa shape index (κ1) is 21.5. The number of hydrogen-bond acceptors (Lipinski definition) is 6. The minimum absolute atomic E-state index is 0.274. The molecule has 0 fully saturated rings. The monoisotopic (exact) mass is 420 g/mol. The first-order chi connectivity index (χ1) is 13.7. The van der Waals surface area contributed by atoms with Gasteiger partial charge in [-0.3, -0.25) is 4.98 Å². The maximum atomic E-state index is 12.5. The number of benzene rings is 1. The largest absolute Gasteiger partial charge is 0.489 e. The Kier molecular flexibility index (Phi) is 6.45. The van der Waals surface area contributed by atoms with Gasteiger partial charge in [-0.15, -0.1) is 0 Å². The molecule has 0 aliphatic carbocycles. The molecule has 0 radical (unpaired) electrons. The van der Waals surface area contributed by atoms with E-state index in [9.17, 15) is 8.42 Å². The van der Waals surface area contributed by atoms with Gasteiger partial charge in [-0.1, -0.05) is 6.07 Å². The van der Waals surface area contributed by atoms with Crippen LogP contribution in [0.15, 0.2) is 42.7 Å². The van der Waals surface area contributed by atoms with Crippen LogP contribution in [0.25, 0.3) is 0 Å². The van der Waals surface area contributed by atoms with Gasteiger partial charge < -0.3 is 14.2 Å². The number of fused-ring (bicyclic) bond motifs is 1. The van der Waals surface area contributed by atoms with Crippen LogP contribution in [0.3, 0.4) is 0 Å². The quantitative estimate of drug-likeness (QED) is 0.653. The third kappa shape index (κ3) is 5.46. The van der Waals surface area contributed by atoms with Gasteiger partial charge in [0.25, 0.3) is 0 Å². The van der Waals surface area contributed by atoms with E-state index in [1.807, 2.05) is 44.2 Å². The minimum atomic E-state index is -3.45. The Morgan fingerprint density at radius 1 is 1.31 bits per heavy atom. The fraction of sp³-hybridized carbons (Fsp3) is 0.476. The highest BCUT2D eigenvalue weighted by Gasteiger charge is 2.40. The van der Waals surface area contributed by atoms with Gasteiger partial charge in [-0.25, -0.2) is 8.42 Å². The molecule has 0 amide bonds. The molecule has 1 aromatic heterocycles. The van der Waals surface area contributed by atoms with E-state index in [2.05, 4.69) is 4.98 Å². The second-order valence-corrected chi connectivity index (χ2v) is 9.73. The minimum Gasteiger partial charge on any atom is -0.489 e. The SMILES string of the molecule is COCCN(C1CC(C)(C)Oc2ccc(OCc3cccnc3)cc21)S(C)(=O)=O. The van der Waals surface area contributed by atoms with Crippen LogP contribution in [0, 0.1) is 0 Å². The summed E-state index contributed by atoms with van der Waals surface area (Å²) in [4.78, 5) is 4.09. The number of rotatable bonds is 8. The number of sulfonamides is 1. The molecule has 29 heavy (non-hydrogen) atoms. The normalized spacial score (nSPS) is 18.2. The van der Waals surface area contributed by atoms with Crippen molar-refractivity contribution in [3.8, 4) is 11.5 Å². The molecule has 1 unspecified atom stereocenters. The van der Waals surface area contributed by atoms with Crippen LogP contribution in [-0.2, 0) is 21.4 Å². The van der Waals surface area contributed by atoms with Crippen LogP contribution >= 0.6 is 0 Å². The summed E-state index contributed by atoms with van der Waals surface area (Å²) in [5, 5.41) is 0.